The van der Waals surface area contributed by atoms with Crippen molar-refractivity contribution in [3.8, 4) is 0 Å². The van der Waals surface area contributed by atoms with E-state index in [9.17, 15) is 19.5 Å². The summed E-state index contributed by atoms with van der Waals surface area (Å²) in [4.78, 5) is 36.4. The predicted octanol–water partition coefficient (Wildman–Crippen LogP) is 2.75. The number of hydrogen-bond donors (Lipinski definition) is 1. The molecule has 1 spiro atoms. The highest BCUT2D eigenvalue weighted by Crippen LogP contribution is 2.72. The molecule has 5 atom stereocenters. The Bertz CT molecular complexity index is 737. The van der Waals surface area contributed by atoms with Gasteiger partial charge < -0.3 is 9.84 Å². The minimum atomic E-state index is -0.989. The van der Waals surface area contributed by atoms with Crippen LogP contribution in [-0.4, -0.2) is 34.9 Å². The minimum Gasteiger partial charge on any atom is -0.463 e. The second-order valence-corrected chi connectivity index (χ2v) is 9.26. The molecule has 2 bridgehead atoms. The van der Waals surface area contributed by atoms with Gasteiger partial charge >= 0.3 is 5.97 Å². The van der Waals surface area contributed by atoms with Gasteiger partial charge in [0.1, 0.15) is 12.2 Å². The van der Waals surface area contributed by atoms with Crippen LogP contribution in [0.3, 0.4) is 0 Å². The molecule has 3 fully saturated rings. The number of carbonyl (C=O) groups is 3. The van der Waals surface area contributed by atoms with Gasteiger partial charge in [-0.2, -0.15) is 0 Å². The summed E-state index contributed by atoms with van der Waals surface area (Å²) in [6.07, 6.45) is 4.79. The van der Waals surface area contributed by atoms with Crippen molar-refractivity contribution in [3.05, 3.63) is 11.1 Å². The normalized spacial score (nSPS) is 44.6. The number of carbonyl (C=O) groups excluding carboxylic acids is 3. The number of rotatable bonds is 2. The maximum Gasteiger partial charge on any atom is 0.302 e. The fraction of sp³-hybridized carbons (Fsp3) is 0.762. The van der Waals surface area contributed by atoms with Gasteiger partial charge in [-0.25, -0.2) is 0 Å². The fourth-order valence-corrected chi connectivity index (χ4v) is 6.83. The van der Waals surface area contributed by atoms with Gasteiger partial charge in [-0.1, -0.05) is 6.92 Å². The first-order chi connectivity index (χ1) is 12.1. The van der Waals surface area contributed by atoms with E-state index < -0.39 is 5.60 Å². The summed E-state index contributed by atoms with van der Waals surface area (Å²) in [7, 11) is 0. The topological polar surface area (TPSA) is 80.7 Å². The molecule has 0 aliphatic heterocycles. The molecule has 0 heterocycles. The molecule has 0 radical (unpaired) electrons. The van der Waals surface area contributed by atoms with Crippen LogP contribution in [0.15, 0.2) is 11.1 Å². The average molecular weight is 360 g/mol. The van der Waals surface area contributed by atoms with Gasteiger partial charge in [0, 0.05) is 30.8 Å². The van der Waals surface area contributed by atoms with Crippen molar-refractivity contribution in [3.63, 3.8) is 0 Å². The van der Waals surface area contributed by atoms with Gasteiger partial charge in [-0.15, -0.1) is 0 Å². The number of fused-ring (bicyclic) bond motifs is 2. The van der Waals surface area contributed by atoms with Crippen molar-refractivity contribution in [1.82, 2.24) is 0 Å². The van der Waals surface area contributed by atoms with E-state index in [1.807, 2.05) is 6.92 Å². The lowest BCUT2D eigenvalue weighted by Gasteiger charge is -2.58. The number of ether oxygens (including phenoxy) is 1. The molecule has 4 rings (SSSR count). The third-order valence-corrected chi connectivity index (χ3v) is 8.26. The molecule has 4 aliphatic rings. The summed E-state index contributed by atoms with van der Waals surface area (Å²) in [6.45, 7) is 5.40. The van der Waals surface area contributed by atoms with Crippen LogP contribution in [0.25, 0.3) is 0 Å². The number of allylic oxidation sites excluding steroid dienone is 2. The Morgan fingerprint density at radius 1 is 1.19 bits per heavy atom. The molecule has 26 heavy (non-hydrogen) atoms. The first-order valence-corrected chi connectivity index (χ1v) is 9.76. The van der Waals surface area contributed by atoms with Crippen molar-refractivity contribution in [2.75, 3.05) is 6.61 Å². The molecule has 0 saturated heterocycles. The summed E-state index contributed by atoms with van der Waals surface area (Å²) in [5.41, 5.74) is 0.155. The van der Waals surface area contributed by atoms with Gasteiger partial charge in [0.15, 0.2) is 11.6 Å². The smallest absolute Gasteiger partial charge is 0.302 e. The number of Topliss-reactive ketones (excluding diaryl/α,β-unsaturated/α-hetero) is 2. The number of ketones is 2. The molecule has 5 heteroatoms. The van der Waals surface area contributed by atoms with Crippen LogP contribution in [0, 0.1) is 22.7 Å². The summed E-state index contributed by atoms with van der Waals surface area (Å²) in [6, 6.07) is 0. The van der Waals surface area contributed by atoms with Crippen molar-refractivity contribution in [1.29, 1.82) is 0 Å². The van der Waals surface area contributed by atoms with E-state index in [2.05, 4.69) is 6.92 Å². The lowest BCUT2D eigenvalue weighted by atomic mass is 9.45. The maximum atomic E-state index is 13.0. The Kier molecular flexibility index (Phi) is 3.79. The molecule has 5 nitrogen and oxygen atoms in total. The van der Waals surface area contributed by atoms with Crippen molar-refractivity contribution >= 4 is 17.5 Å². The first-order valence-electron chi connectivity index (χ1n) is 9.76. The highest BCUT2D eigenvalue weighted by atomic mass is 16.5. The number of esters is 1. The van der Waals surface area contributed by atoms with Gasteiger partial charge in [0.05, 0.1) is 0 Å². The molecule has 0 aromatic heterocycles. The third-order valence-electron chi connectivity index (χ3n) is 8.26. The predicted molar refractivity (Wildman–Crippen MR) is 94.1 cm³/mol. The Hall–Kier alpha value is -1.49. The molecule has 142 valence electrons. The third kappa shape index (κ3) is 2.16. The zero-order valence-corrected chi connectivity index (χ0v) is 15.9. The molecule has 4 aliphatic carbocycles. The SMILES string of the molecule is CC(=O)OCC1(O)CCC23CC1CC2CC(=O)C1=C(C)C(=O)CCC13C. The summed E-state index contributed by atoms with van der Waals surface area (Å²) in [5, 5.41) is 11.2. The van der Waals surface area contributed by atoms with E-state index >= 15 is 0 Å². The van der Waals surface area contributed by atoms with Gasteiger partial charge in [0.2, 0.25) is 0 Å². The summed E-state index contributed by atoms with van der Waals surface area (Å²) >= 11 is 0. The monoisotopic (exact) mass is 360 g/mol. The number of hydrogen-bond acceptors (Lipinski definition) is 5. The number of aliphatic hydroxyl groups is 1. The van der Waals surface area contributed by atoms with E-state index in [4.69, 9.17) is 4.74 Å². The van der Waals surface area contributed by atoms with E-state index in [1.54, 1.807) is 0 Å². The Morgan fingerprint density at radius 3 is 2.62 bits per heavy atom. The van der Waals surface area contributed by atoms with Gasteiger partial charge in [-0.05, 0) is 61.9 Å². The van der Waals surface area contributed by atoms with Crippen LogP contribution < -0.4 is 0 Å². The second kappa shape index (κ2) is 5.51. The van der Waals surface area contributed by atoms with Crippen LogP contribution in [-0.2, 0) is 19.1 Å². The minimum absolute atomic E-state index is 0.0225. The van der Waals surface area contributed by atoms with Crippen LogP contribution in [0.2, 0.25) is 0 Å². The van der Waals surface area contributed by atoms with E-state index in [0.717, 1.165) is 31.3 Å². The molecular formula is C21H28O5. The van der Waals surface area contributed by atoms with Crippen LogP contribution in [0.4, 0.5) is 0 Å². The molecule has 0 aromatic rings. The van der Waals surface area contributed by atoms with Crippen molar-refractivity contribution < 1.29 is 24.2 Å². The molecule has 0 amide bonds. The first kappa shape index (κ1) is 17.9. The molecule has 0 aromatic carbocycles. The van der Waals surface area contributed by atoms with Gasteiger partial charge in [-0.3, -0.25) is 14.4 Å². The fourth-order valence-electron chi connectivity index (χ4n) is 6.83. The van der Waals surface area contributed by atoms with Crippen molar-refractivity contribution in [2.45, 2.75) is 71.3 Å². The van der Waals surface area contributed by atoms with Crippen molar-refractivity contribution in [2.24, 2.45) is 22.7 Å². The van der Waals surface area contributed by atoms with E-state index in [-0.39, 0.29) is 46.8 Å². The van der Waals surface area contributed by atoms with Gasteiger partial charge in [0.25, 0.3) is 0 Å². The van der Waals surface area contributed by atoms with Crippen LogP contribution in [0.5, 0.6) is 0 Å². The van der Waals surface area contributed by atoms with E-state index in [0.29, 0.717) is 24.8 Å². The van der Waals surface area contributed by atoms with Crippen LogP contribution in [0.1, 0.15) is 65.7 Å². The summed E-state index contributed by atoms with van der Waals surface area (Å²) < 4.78 is 5.16. The zero-order chi connectivity index (χ0) is 18.9. The zero-order valence-electron chi connectivity index (χ0n) is 15.9. The Morgan fingerprint density at radius 2 is 1.92 bits per heavy atom. The average Bonchev–Trinajstić information content (AvgIpc) is 2.91. The highest BCUT2D eigenvalue weighted by Gasteiger charge is 2.68. The largest absolute Gasteiger partial charge is 0.463 e. The molecule has 3 saturated carbocycles. The standard InChI is InChI=1S/C21H28O5/c1-12-16(23)4-5-19(3)18(12)17(24)9-14-8-15-10-20(14,19)6-7-21(15,25)11-26-13(2)22/h14-15,25H,4-11H2,1-3H3. The lowest BCUT2D eigenvalue weighted by molar-refractivity contribution is -0.161. The lowest BCUT2D eigenvalue weighted by Crippen LogP contribution is -2.55. The Balaban J connectivity index is 1.72. The maximum absolute atomic E-state index is 13.0. The van der Waals surface area contributed by atoms with E-state index in [1.165, 1.54) is 6.92 Å². The highest BCUT2D eigenvalue weighted by molar-refractivity contribution is 6.09. The Labute approximate surface area is 154 Å². The quantitative estimate of drug-likeness (QED) is 0.766. The second-order valence-electron chi connectivity index (χ2n) is 9.26. The van der Waals surface area contributed by atoms with Crippen LogP contribution >= 0.6 is 0 Å². The summed E-state index contributed by atoms with van der Waals surface area (Å²) in [5.74, 6) is 0.161. The molecular weight excluding hydrogens is 332 g/mol. The molecule has 1 N–H and O–H groups in total. The molecule has 5 unspecified atom stereocenters.